The third-order valence-electron chi connectivity index (χ3n) is 4.37. The fourth-order valence-corrected chi connectivity index (χ4v) is 2.85. The third-order valence-corrected chi connectivity index (χ3v) is 4.37. The fourth-order valence-electron chi connectivity index (χ4n) is 2.85. The van der Waals surface area contributed by atoms with E-state index in [-0.39, 0.29) is 11.1 Å². The van der Waals surface area contributed by atoms with Crippen molar-refractivity contribution < 1.29 is 19.8 Å². The van der Waals surface area contributed by atoms with Gasteiger partial charge in [0, 0.05) is 22.3 Å². The first-order valence-electron chi connectivity index (χ1n) is 8.67. The van der Waals surface area contributed by atoms with Crippen molar-refractivity contribution >= 4 is 11.8 Å². The number of aliphatic hydroxyl groups excluding tert-OH is 2. The van der Waals surface area contributed by atoms with Gasteiger partial charge in [-0.2, -0.15) is 0 Å². The largest absolute Gasteiger partial charge is 0.369 e. The molecule has 0 aliphatic heterocycles. The van der Waals surface area contributed by atoms with Crippen LogP contribution in [0.2, 0.25) is 0 Å². The van der Waals surface area contributed by atoms with Gasteiger partial charge < -0.3 is 15.9 Å². The standard InChI is InChI=1S/C22H20N2O4/c23-19(25)15-11-13-18(14-12-15)22(28)24(20(26)16-7-3-1-4-8-16)21(27)17-9-5-2-6-10-17/h1-14,20-21,26-27H,(H2,23,25). The van der Waals surface area contributed by atoms with Crippen molar-refractivity contribution in [2.75, 3.05) is 0 Å². The van der Waals surface area contributed by atoms with E-state index in [9.17, 15) is 19.8 Å². The number of hydrogen-bond donors (Lipinski definition) is 3. The summed E-state index contributed by atoms with van der Waals surface area (Å²) in [6.45, 7) is 0. The first-order chi connectivity index (χ1) is 13.5. The summed E-state index contributed by atoms with van der Waals surface area (Å²) in [5, 5.41) is 21.7. The molecule has 6 nitrogen and oxygen atoms in total. The van der Waals surface area contributed by atoms with E-state index >= 15 is 0 Å². The predicted molar refractivity (Wildman–Crippen MR) is 104 cm³/mol. The number of nitrogens with zero attached hydrogens (tertiary/aromatic N) is 1. The second-order valence-corrected chi connectivity index (χ2v) is 6.22. The average Bonchev–Trinajstić information content (AvgIpc) is 2.75. The van der Waals surface area contributed by atoms with Crippen LogP contribution in [0.5, 0.6) is 0 Å². The zero-order valence-corrected chi connectivity index (χ0v) is 15.0. The van der Waals surface area contributed by atoms with Crippen LogP contribution in [-0.4, -0.2) is 26.9 Å². The summed E-state index contributed by atoms with van der Waals surface area (Å²) in [6.07, 6.45) is -2.75. The lowest BCUT2D eigenvalue weighted by Gasteiger charge is -2.33. The Morgan fingerprint density at radius 2 is 1.07 bits per heavy atom. The van der Waals surface area contributed by atoms with E-state index in [2.05, 4.69) is 0 Å². The summed E-state index contributed by atoms with van der Waals surface area (Å²) in [5.41, 5.74) is 6.61. The van der Waals surface area contributed by atoms with Crippen LogP contribution in [0.25, 0.3) is 0 Å². The Balaban J connectivity index is 1.99. The molecule has 142 valence electrons. The number of nitrogens with two attached hydrogens (primary N) is 1. The highest BCUT2D eigenvalue weighted by atomic mass is 16.3. The normalized spacial score (nSPS) is 12.8. The minimum Gasteiger partial charge on any atom is -0.369 e. The molecule has 0 aliphatic rings. The Morgan fingerprint density at radius 3 is 1.46 bits per heavy atom. The van der Waals surface area contributed by atoms with Crippen molar-refractivity contribution in [3.63, 3.8) is 0 Å². The molecule has 4 N–H and O–H groups in total. The van der Waals surface area contributed by atoms with Crippen molar-refractivity contribution in [3.8, 4) is 0 Å². The zero-order chi connectivity index (χ0) is 20.1. The molecule has 2 unspecified atom stereocenters. The summed E-state index contributed by atoms with van der Waals surface area (Å²) >= 11 is 0. The van der Waals surface area contributed by atoms with Crippen LogP contribution >= 0.6 is 0 Å². The van der Waals surface area contributed by atoms with E-state index in [1.807, 2.05) is 0 Å². The second kappa shape index (κ2) is 8.47. The molecule has 3 aromatic rings. The zero-order valence-electron chi connectivity index (χ0n) is 15.0. The fraction of sp³-hybridized carbons (Fsp3) is 0.0909. The third kappa shape index (κ3) is 4.09. The molecule has 6 heteroatoms. The molecule has 0 radical (unpaired) electrons. The minimum absolute atomic E-state index is 0.204. The number of rotatable bonds is 6. The van der Waals surface area contributed by atoms with E-state index in [4.69, 9.17) is 5.73 Å². The quantitative estimate of drug-likeness (QED) is 0.575. The topological polar surface area (TPSA) is 104 Å². The van der Waals surface area contributed by atoms with Crippen molar-refractivity contribution in [2.45, 2.75) is 12.5 Å². The number of carbonyl (C=O) groups excluding carboxylic acids is 2. The molecule has 0 saturated heterocycles. The van der Waals surface area contributed by atoms with Crippen LogP contribution < -0.4 is 5.73 Å². The Hall–Kier alpha value is -3.48. The highest BCUT2D eigenvalue weighted by Crippen LogP contribution is 2.29. The van der Waals surface area contributed by atoms with E-state index in [0.29, 0.717) is 11.1 Å². The Bertz CT molecular complexity index is 898. The van der Waals surface area contributed by atoms with Gasteiger partial charge in [-0.05, 0) is 24.3 Å². The maximum atomic E-state index is 13.1. The van der Waals surface area contributed by atoms with Crippen molar-refractivity contribution in [3.05, 3.63) is 107 Å². The van der Waals surface area contributed by atoms with Crippen LogP contribution in [0.3, 0.4) is 0 Å². The molecule has 2 atom stereocenters. The lowest BCUT2D eigenvalue weighted by Crippen LogP contribution is -2.38. The molecule has 3 rings (SSSR count). The second-order valence-electron chi connectivity index (χ2n) is 6.22. The smallest absolute Gasteiger partial charge is 0.258 e. The monoisotopic (exact) mass is 376 g/mol. The molecule has 0 aromatic heterocycles. The number of aliphatic hydroxyl groups is 2. The van der Waals surface area contributed by atoms with Gasteiger partial charge in [-0.15, -0.1) is 0 Å². The molecule has 3 aromatic carbocycles. The highest BCUT2D eigenvalue weighted by Gasteiger charge is 2.31. The summed E-state index contributed by atoms with van der Waals surface area (Å²) in [6, 6.07) is 22.9. The number of benzene rings is 3. The first-order valence-corrected chi connectivity index (χ1v) is 8.67. The molecule has 0 spiro atoms. The number of amides is 2. The Kier molecular flexibility index (Phi) is 5.84. The molecule has 0 bridgehead atoms. The maximum Gasteiger partial charge on any atom is 0.258 e. The molecule has 0 aliphatic carbocycles. The van der Waals surface area contributed by atoms with Crippen LogP contribution in [0.4, 0.5) is 0 Å². The Labute approximate surface area is 162 Å². The van der Waals surface area contributed by atoms with Gasteiger partial charge in [0.15, 0.2) is 12.5 Å². The molecule has 2 amide bonds. The van der Waals surface area contributed by atoms with E-state index in [1.165, 1.54) is 24.3 Å². The molecule has 28 heavy (non-hydrogen) atoms. The van der Waals surface area contributed by atoms with Crippen molar-refractivity contribution in [1.29, 1.82) is 0 Å². The van der Waals surface area contributed by atoms with Gasteiger partial charge in [-0.1, -0.05) is 60.7 Å². The van der Waals surface area contributed by atoms with Crippen LogP contribution in [0.15, 0.2) is 84.9 Å². The molecular weight excluding hydrogens is 356 g/mol. The van der Waals surface area contributed by atoms with E-state index < -0.39 is 24.3 Å². The van der Waals surface area contributed by atoms with E-state index in [0.717, 1.165) is 4.90 Å². The first kappa shape index (κ1) is 19.3. The number of carbonyl (C=O) groups is 2. The molecule has 0 heterocycles. The van der Waals surface area contributed by atoms with Crippen LogP contribution in [-0.2, 0) is 0 Å². The maximum absolute atomic E-state index is 13.1. The average molecular weight is 376 g/mol. The SMILES string of the molecule is NC(=O)c1ccc(C(=O)N(C(O)c2ccccc2)C(O)c2ccccc2)cc1. The summed E-state index contributed by atoms with van der Waals surface area (Å²) in [7, 11) is 0. The predicted octanol–water partition coefficient (Wildman–Crippen LogP) is 2.61. The summed E-state index contributed by atoms with van der Waals surface area (Å²) < 4.78 is 0. The van der Waals surface area contributed by atoms with Crippen molar-refractivity contribution in [2.24, 2.45) is 5.73 Å². The Morgan fingerprint density at radius 1 is 0.679 bits per heavy atom. The minimum atomic E-state index is -1.38. The lowest BCUT2D eigenvalue weighted by atomic mass is 10.1. The van der Waals surface area contributed by atoms with Crippen molar-refractivity contribution in [1.82, 2.24) is 4.90 Å². The van der Waals surface area contributed by atoms with Crippen LogP contribution in [0.1, 0.15) is 44.3 Å². The van der Waals surface area contributed by atoms with Gasteiger partial charge in [0.05, 0.1) is 0 Å². The molecule has 0 saturated carbocycles. The highest BCUT2D eigenvalue weighted by molar-refractivity contribution is 5.97. The van der Waals surface area contributed by atoms with Gasteiger partial charge in [-0.3, -0.25) is 14.5 Å². The van der Waals surface area contributed by atoms with E-state index in [1.54, 1.807) is 60.7 Å². The van der Waals surface area contributed by atoms with Gasteiger partial charge in [0.25, 0.3) is 5.91 Å². The number of hydrogen-bond acceptors (Lipinski definition) is 4. The van der Waals surface area contributed by atoms with Gasteiger partial charge in [-0.25, -0.2) is 0 Å². The van der Waals surface area contributed by atoms with Gasteiger partial charge in [0.1, 0.15) is 0 Å². The van der Waals surface area contributed by atoms with Gasteiger partial charge >= 0.3 is 0 Å². The number of primary amides is 1. The van der Waals surface area contributed by atoms with Gasteiger partial charge in [0.2, 0.25) is 5.91 Å². The molecule has 0 fully saturated rings. The van der Waals surface area contributed by atoms with Crippen LogP contribution in [0, 0.1) is 0 Å². The summed E-state index contributed by atoms with van der Waals surface area (Å²) in [4.78, 5) is 25.4. The lowest BCUT2D eigenvalue weighted by molar-refractivity contribution is -0.0815. The summed E-state index contributed by atoms with van der Waals surface area (Å²) in [5.74, 6) is -1.20. The molecular formula is C22H20N2O4.